The highest BCUT2D eigenvalue weighted by atomic mass is 16.6. The third-order valence-electron chi connectivity index (χ3n) is 7.09. The summed E-state index contributed by atoms with van der Waals surface area (Å²) in [6, 6.07) is 0. The highest BCUT2D eigenvalue weighted by Crippen LogP contribution is 2.44. The summed E-state index contributed by atoms with van der Waals surface area (Å²) in [6.07, 6.45) is -3.60. The Bertz CT molecular complexity index is 1020. The molecule has 206 valence electrons. The Balaban J connectivity index is 2.57. The summed E-state index contributed by atoms with van der Waals surface area (Å²) in [5.74, 6) is -4.88. The number of carbonyl (C=O) groups excluding carboxylic acids is 4. The summed E-state index contributed by atoms with van der Waals surface area (Å²) < 4.78 is 21.9. The summed E-state index contributed by atoms with van der Waals surface area (Å²) >= 11 is 0. The number of hydrogen-bond donors (Lipinski definition) is 2. The highest BCUT2D eigenvalue weighted by molar-refractivity contribution is 5.99. The lowest BCUT2D eigenvalue weighted by atomic mass is 9.68. The lowest BCUT2D eigenvalue weighted by Crippen LogP contribution is -2.69. The molecule has 0 spiro atoms. The zero-order valence-electron chi connectivity index (χ0n) is 22.7. The first-order valence-electron chi connectivity index (χ1n) is 12.2. The van der Waals surface area contributed by atoms with Gasteiger partial charge in [-0.3, -0.25) is 9.59 Å². The standard InChI is InChI=1S/C27H38O10/c1-10-13(3)24(32)35-23-20(30)19(15(5)17(29)12-18-26(7,8)36-18)21(34-16(6)28)22(31)27(23,9)37-25(33)14(4)11-2/h10-11,17-21,23,29-30H,5,12H2,1-4,6-9H3. The van der Waals surface area contributed by atoms with E-state index in [1.165, 1.54) is 32.9 Å². The molecule has 1 saturated carbocycles. The zero-order valence-corrected chi connectivity index (χ0v) is 22.7. The van der Waals surface area contributed by atoms with E-state index in [9.17, 15) is 29.4 Å². The maximum Gasteiger partial charge on any atom is 0.334 e. The Labute approximate surface area is 217 Å². The highest BCUT2D eigenvalue weighted by Gasteiger charge is 2.63. The third-order valence-corrected chi connectivity index (χ3v) is 7.09. The van der Waals surface area contributed by atoms with Crippen LogP contribution in [0.5, 0.6) is 0 Å². The van der Waals surface area contributed by atoms with Gasteiger partial charge in [0.25, 0.3) is 0 Å². The molecule has 0 aromatic rings. The van der Waals surface area contributed by atoms with Crippen LogP contribution in [0.25, 0.3) is 0 Å². The summed E-state index contributed by atoms with van der Waals surface area (Å²) in [5.41, 5.74) is -2.34. The molecule has 2 N–H and O–H groups in total. The van der Waals surface area contributed by atoms with Crippen molar-refractivity contribution in [3.05, 3.63) is 35.5 Å². The first-order chi connectivity index (χ1) is 17.0. The van der Waals surface area contributed by atoms with Crippen LogP contribution in [-0.2, 0) is 38.1 Å². The number of ketones is 1. The molecule has 1 aliphatic heterocycles. The lowest BCUT2D eigenvalue weighted by Gasteiger charge is -2.48. The van der Waals surface area contributed by atoms with Gasteiger partial charge < -0.3 is 29.2 Å². The van der Waals surface area contributed by atoms with Gasteiger partial charge in [0.2, 0.25) is 11.4 Å². The van der Waals surface area contributed by atoms with Gasteiger partial charge in [-0.25, -0.2) is 9.59 Å². The number of esters is 3. The molecule has 37 heavy (non-hydrogen) atoms. The molecule has 0 bridgehead atoms. The van der Waals surface area contributed by atoms with Gasteiger partial charge in [-0.05, 0) is 54.0 Å². The summed E-state index contributed by atoms with van der Waals surface area (Å²) in [5, 5.41) is 22.4. The van der Waals surface area contributed by atoms with Crippen LogP contribution in [0.1, 0.15) is 61.8 Å². The molecule has 1 aliphatic carbocycles. The molecule has 2 rings (SSSR count). The molecular formula is C27H38O10. The van der Waals surface area contributed by atoms with E-state index < -0.39 is 65.2 Å². The third kappa shape index (κ3) is 6.37. The summed E-state index contributed by atoms with van der Waals surface area (Å²) in [6.45, 7) is 16.0. The lowest BCUT2D eigenvalue weighted by molar-refractivity contribution is -0.219. The van der Waals surface area contributed by atoms with Gasteiger partial charge in [0, 0.05) is 24.5 Å². The molecule has 2 aliphatic rings. The van der Waals surface area contributed by atoms with Crippen molar-refractivity contribution >= 4 is 23.7 Å². The molecule has 10 heteroatoms. The van der Waals surface area contributed by atoms with E-state index >= 15 is 0 Å². The Morgan fingerprint density at radius 2 is 1.57 bits per heavy atom. The van der Waals surface area contributed by atoms with Crippen LogP contribution in [0.3, 0.4) is 0 Å². The SMILES string of the molecule is C=C(C(O)CC1OC1(C)C)C1C(OC(C)=O)C(=O)C(C)(OC(=O)C(C)=CC)C(OC(=O)C(C)=CC)C1O. The van der Waals surface area contributed by atoms with Gasteiger partial charge in [-0.2, -0.15) is 0 Å². The van der Waals surface area contributed by atoms with Crippen LogP contribution >= 0.6 is 0 Å². The first kappa shape index (κ1) is 30.4. The predicted molar refractivity (Wildman–Crippen MR) is 132 cm³/mol. The fraction of sp³-hybridized carbons (Fsp3) is 0.630. The van der Waals surface area contributed by atoms with E-state index in [0.717, 1.165) is 6.92 Å². The Morgan fingerprint density at radius 3 is 2.03 bits per heavy atom. The zero-order chi connectivity index (χ0) is 28.5. The Morgan fingerprint density at radius 1 is 1.05 bits per heavy atom. The van der Waals surface area contributed by atoms with Crippen LogP contribution in [0.2, 0.25) is 0 Å². The van der Waals surface area contributed by atoms with Crippen molar-refractivity contribution in [3.8, 4) is 0 Å². The molecule has 0 amide bonds. The number of aliphatic hydroxyl groups is 2. The second-order valence-electron chi connectivity index (χ2n) is 10.2. The van der Waals surface area contributed by atoms with Crippen molar-refractivity contribution in [1.29, 1.82) is 0 Å². The number of ether oxygens (including phenoxy) is 4. The number of rotatable bonds is 9. The average Bonchev–Trinajstić information content (AvgIpc) is 3.43. The maximum atomic E-state index is 13.8. The van der Waals surface area contributed by atoms with Crippen LogP contribution in [0.15, 0.2) is 35.5 Å². The second-order valence-corrected chi connectivity index (χ2v) is 10.2. The first-order valence-corrected chi connectivity index (χ1v) is 12.2. The van der Waals surface area contributed by atoms with Crippen molar-refractivity contribution < 1.29 is 48.3 Å². The van der Waals surface area contributed by atoms with Gasteiger partial charge in [0.05, 0.1) is 23.7 Å². The molecule has 2 fully saturated rings. The normalized spacial score (nSPS) is 32.3. The fourth-order valence-electron chi connectivity index (χ4n) is 4.25. The number of epoxide rings is 1. The van der Waals surface area contributed by atoms with Gasteiger partial charge in [0.15, 0.2) is 12.2 Å². The van der Waals surface area contributed by atoms with Gasteiger partial charge in [-0.15, -0.1) is 0 Å². The maximum absolute atomic E-state index is 13.8. The average molecular weight is 523 g/mol. The molecule has 0 radical (unpaired) electrons. The smallest absolute Gasteiger partial charge is 0.334 e. The minimum Gasteiger partial charge on any atom is -0.454 e. The van der Waals surface area contributed by atoms with E-state index in [1.54, 1.807) is 13.8 Å². The molecule has 0 aromatic heterocycles. The number of carbonyl (C=O) groups is 4. The van der Waals surface area contributed by atoms with E-state index in [1.807, 2.05) is 13.8 Å². The number of Topliss-reactive ketones (excluding diaryl/α,β-unsaturated/α-hetero) is 1. The van der Waals surface area contributed by atoms with Crippen LogP contribution in [0.4, 0.5) is 0 Å². The molecular weight excluding hydrogens is 484 g/mol. The molecule has 1 heterocycles. The van der Waals surface area contributed by atoms with E-state index in [-0.39, 0.29) is 29.2 Å². The molecule has 7 unspecified atom stereocenters. The van der Waals surface area contributed by atoms with Crippen LogP contribution in [-0.4, -0.2) is 75.6 Å². The van der Waals surface area contributed by atoms with Crippen LogP contribution < -0.4 is 0 Å². The van der Waals surface area contributed by atoms with Gasteiger partial charge in [-0.1, -0.05) is 18.7 Å². The Kier molecular flexibility index (Phi) is 9.27. The van der Waals surface area contributed by atoms with Crippen molar-refractivity contribution in [2.45, 2.75) is 104 Å². The number of allylic oxidation sites excluding steroid dienone is 2. The number of aliphatic hydroxyl groups excluding tert-OH is 2. The van der Waals surface area contributed by atoms with E-state index in [4.69, 9.17) is 18.9 Å². The van der Waals surface area contributed by atoms with Gasteiger partial charge in [0.1, 0.15) is 6.10 Å². The monoisotopic (exact) mass is 522 g/mol. The van der Waals surface area contributed by atoms with Crippen molar-refractivity contribution in [3.63, 3.8) is 0 Å². The predicted octanol–water partition coefficient (Wildman–Crippen LogP) is 2.11. The van der Waals surface area contributed by atoms with Gasteiger partial charge >= 0.3 is 17.9 Å². The molecule has 1 saturated heterocycles. The second kappa shape index (κ2) is 11.3. The van der Waals surface area contributed by atoms with Crippen LogP contribution in [0, 0.1) is 5.92 Å². The van der Waals surface area contributed by atoms with Crippen molar-refractivity contribution in [1.82, 2.24) is 0 Å². The van der Waals surface area contributed by atoms with E-state index in [0.29, 0.717) is 0 Å². The molecule has 10 nitrogen and oxygen atoms in total. The summed E-state index contributed by atoms with van der Waals surface area (Å²) in [7, 11) is 0. The minimum atomic E-state index is -2.23. The largest absolute Gasteiger partial charge is 0.454 e. The Hall–Kier alpha value is -2.82. The topological polar surface area (TPSA) is 149 Å². The quantitative estimate of drug-likeness (QED) is 0.152. The van der Waals surface area contributed by atoms with Crippen molar-refractivity contribution in [2.24, 2.45) is 5.92 Å². The fourth-order valence-corrected chi connectivity index (χ4v) is 4.25. The van der Waals surface area contributed by atoms with E-state index in [2.05, 4.69) is 6.58 Å². The minimum absolute atomic E-state index is 0.0137. The number of hydrogen-bond acceptors (Lipinski definition) is 10. The molecule has 0 aromatic carbocycles. The van der Waals surface area contributed by atoms with Crippen molar-refractivity contribution in [2.75, 3.05) is 0 Å². The molecule has 7 atom stereocenters. The summed E-state index contributed by atoms with van der Waals surface area (Å²) in [4.78, 5) is 51.2.